The van der Waals surface area contributed by atoms with Gasteiger partial charge in [-0.3, -0.25) is 0 Å². The maximum Gasteiger partial charge on any atom is 0.418 e. The highest BCUT2D eigenvalue weighted by Gasteiger charge is 2.45. The molecule has 244 valence electrons. The molecule has 2 bridgehead atoms. The molecule has 3 aliphatic heterocycles. The first-order chi connectivity index (χ1) is 21.7. The van der Waals surface area contributed by atoms with Crippen molar-refractivity contribution in [3.63, 3.8) is 0 Å². The Labute approximate surface area is 268 Å². The Balaban J connectivity index is 1.30. The molecule has 4 aliphatic rings. The van der Waals surface area contributed by atoms with Gasteiger partial charge >= 0.3 is 12.2 Å². The first-order valence-electron chi connectivity index (χ1n) is 15.1. The fourth-order valence-corrected chi connectivity index (χ4v) is 7.91. The van der Waals surface area contributed by atoms with Crippen LogP contribution in [0, 0.1) is 18.2 Å². The normalized spacial score (nSPS) is 22.9. The van der Waals surface area contributed by atoms with Crippen LogP contribution < -0.4 is 20.7 Å². The molecule has 7 rings (SSSR count). The highest BCUT2D eigenvalue weighted by atomic mass is 35.5. The number of ether oxygens (including phenoxy) is 1. The first kappa shape index (κ1) is 31.2. The summed E-state index contributed by atoms with van der Waals surface area (Å²) in [5.41, 5.74) is 2.84. The molecule has 1 aliphatic carbocycles. The summed E-state index contributed by atoms with van der Waals surface area (Å²) in [5, 5.41) is 3.56. The zero-order chi connectivity index (χ0) is 32.6. The molecule has 3 N–H and O–H groups in total. The Bertz CT molecular complexity index is 1820. The van der Waals surface area contributed by atoms with E-state index in [1.165, 1.54) is 13.0 Å². The molecule has 0 amide bonds. The monoisotopic (exact) mass is 677 g/mol. The zero-order valence-corrected chi connectivity index (χ0v) is 26.9. The standard InChI is InChI=1S/C31H33ClF4N7O2P/c1-17-11-22(37)39-27(24(17)31(34,35)36)23-21(32)12-20-26(25(23)33)40-29(41-28(20)43-13-18-3-4-19(14-43)38-18)45-16-30(5-6-30)15-42-7-9-46(2,44)10-8-42/h7-12,18-19,38H,3-6,13-16H2,1-2H3,(H2,37,39). The van der Waals surface area contributed by atoms with Crippen LogP contribution in [0.3, 0.4) is 0 Å². The third kappa shape index (κ3) is 5.93. The molecule has 2 atom stereocenters. The molecule has 15 heteroatoms. The quantitative estimate of drug-likeness (QED) is 0.208. The fraction of sp³-hybridized carbons (Fsp3) is 0.452. The number of nitrogens with zero attached hydrogens (tertiary/aromatic N) is 5. The van der Waals surface area contributed by atoms with Crippen molar-refractivity contribution in [1.29, 1.82) is 0 Å². The minimum Gasteiger partial charge on any atom is -0.463 e. The summed E-state index contributed by atoms with van der Waals surface area (Å²) in [6, 6.07) is 2.86. The minimum atomic E-state index is -4.85. The molecule has 0 radical (unpaired) electrons. The smallest absolute Gasteiger partial charge is 0.418 e. The largest absolute Gasteiger partial charge is 0.463 e. The Hall–Kier alpha value is -3.41. The predicted molar refractivity (Wildman–Crippen MR) is 170 cm³/mol. The van der Waals surface area contributed by atoms with Crippen LogP contribution in [0.4, 0.5) is 29.2 Å². The number of benzene rings is 1. The van der Waals surface area contributed by atoms with Crippen molar-refractivity contribution in [1.82, 2.24) is 25.2 Å². The van der Waals surface area contributed by atoms with Crippen molar-refractivity contribution in [2.24, 2.45) is 5.41 Å². The summed E-state index contributed by atoms with van der Waals surface area (Å²) in [6.45, 7) is 5.01. The van der Waals surface area contributed by atoms with Crippen LogP contribution in [0.1, 0.15) is 36.8 Å². The van der Waals surface area contributed by atoms with Gasteiger partial charge in [0.2, 0.25) is 0 Å². The number of aromatic nitrogens is 3. The lowest BCUT2D eigenvalue weighted by molar-refractivity contribution is -0.137. The number of nitrogens with two attached hydrogens (primary N) is 1. The first-order valence-corrected chi connectivity index (χ1v) is 17.8. The molecule has 2 aromatic heterocycles. The second kappa shape index (κ2) is 11.1. The zero-order valence-electron chi connectivity index (χ0n) is 25.2. The number of alkyl halides is 3. The Morgan fingerprint density at radius 2 is 1.80 bits per heavy atom. The van der Waals surface area contributed by atoms with Crippen LogP contribution in [-0.2, 0) is 10.7 Å². The van der Waals surface area contributed by atoms with Crippen molar-refractivity contribution in [2.75, 3.05) is 43.5 Å². The highest BCUT2D eigenvalue weighted by molar-refractivity contribution is 7.69. The summed E-state index contributed by atoms with van der Waals surface area (Å²) >= 11 is 6.59. The molecule has 3 fully saturated rings. The number of halogens is 5. The number of fused-ring (bicyclic) bond motifs is 3. The van der Waals surface area contributed by atoms with Crippen LogP contribution in [0.25, 0.3) is 22.2 Å². The van der Waals surface area contributed by atoms with Crippen molar-refractivity contribution >= 4 is 41.3 Å². The number of rotatable bonds is 7. The van der Waals surface area contributed by atoms with E-state index in [2.05, 4.69) is 15.3 Å². The number of anilines is 2. The van der Waals surface area contributed by atoms with Gasteiger partial charge in [-0.05, 0) is 68.6 Å². The lowest BCUT2D eigenvalue weighted by Crippen LogP contribution is -2.51. The summed E-state index contributed by atoms with van der Waals surface area (Å²) < 4.78 is 77.8. The Kier molecular flexibility index (Phi) is 7.53. The maximum atomic E-state index is 16.6. The average Bonchev–Trinajstić information content (AvgIpc) is 3.66. The Morgan fingerprint density at radius 3 is 2.43 bits per heavy atom. The third-order valence-electron chi connectivity index (χ3n) is 9.21. The van der Waals surface area contributed by atoms with Crippen LogP contribution in [0.5, 0.6) is 6.01 Å². The average molecular weight is 678 g/mol. The second-order valence-electron chi connectivity index (χ2n) is 13.0. The van der Waals surface area contributed by atoms with Gasteiger partial charge in [0.1, 0.15) is 24.3 Å². The van der Waals surface area contributed by atoms with Crippen molar-refractivity contribution in [3.8, 4) is 17.3 Å². The van der Waals surface area contributed by atoms with Crippen molar-refractivity contribution in [2.45, 2.75) is 50.9 Å². The molecule has 5 heterocycles. The van der Waals surface area contributed by atoms with Gasteiger partial charge in [-0.2, -0.15) is 23.1 Å². The van der Waals surface area contributed by atoms with Crippen molar-refractivity contribution in [3.05, 3.63) is 58.1 Å². The predicted octanol–water partition coefficient (Wildman–Crippen LogP) is 6.74. The number of piperazine rings is 1. The molecular weight excluding hydrogens is 645 g/mol. The van der Waals surface area contributed by atoms with Crippen LogP contribution in [-0.4, -0.2) is 64.8 Å². The van der Waals surface area contributed by atoms with Gasteiger partial charge in [-0.1, -0.05) is 11.6 Å². The van der Waals surface area contributed by atoms with Crippen LogP contribution >= 0.6 is 18.7 Å². The van der Waals surface area contributed by atoms with E-state index in [1.54, 1.807) is 18.3 Å². The lowest BCUT2D eigenvalue weighted by Gasteiger charge is -2.34. The summed E-state index contributed by atoms with van der Waals surface area (Å²) in [7, 11) is -2.41. The minimum absolute atomic E-state index is 0.0811. The Morgan fingerprint density at radius 1 is 1.13 bits per heavy atom. The van der Waals surface area contributed by atoms with Gasteiger partial charge in [0.25, 0.3) is 0 Å². The number of aryl methyl sites for hydroxylation is 1. The number of pyridine rings is 1. The SMILES string of the molecule is Cc1cc(N)nc(-c2c(Cl)cc3c(N4CC5CCC(C4)N5)nc(OCC4(CN5C=CP(C)(=O)C=C5)CC4)nc3c2F)c1C(F)(F)F. The van der Waals surface area contributed by atoms with Gasteiger partial charge in [-0.25, -0.2) is 9.37 Å². The van der Waals surface area contributed by atoms with E-state index < -0.39 is 36.0 Å². The molecule has 9 nitrogen and oxygen atoms in total. The van der Waals surface area contributed by atoms with Crippen molar-refractivity contribution < 1.29 is 26.9 Å². The molecule has 46 heavy (non-hydrogen) atoms. The van der Waals surface area contributed by atoms with E-state index in [0.29, 0.717) is 25.5 Å². The molecule has 1 aromatic carbocycles. The van der Waals surface area contributed by atoms with Gasteiger partial charge in [-0.15, -0.1) is 0 Å². The third-order valence-corrected chi connectivity index (χ3v) is 11.0. The molecule has 3 aromatic rings. The molecular formula is C31H33ClF4N7O2P. The van der Waals surface area contributed by atoms with Gasteiger partial charge in [0.15, 0.2) is 5.82 Å². The summed E-state index contributed by atoms with van der Waals surface area (Å²) in [4.78, 5) is 17.1. The number of hydrogen-bond donors (Lipinski definition) is 2. The van der Waals surface area contributed by atoms with E-state index in [1.807, 2.05) is 22.2 Å². The van der Waals surface area contributed by atoms with Gasteiger partial charge < -0.3 is 30.2 Å². The summed E-state index contributed by atoms with van der Waals surface area (Å²) in [6.07, 6.45) is 2.52. The fourth-order valence-electron chi connectivity index (χ4n) is 6.66. The topological polar surface area (TPSA) is 109 Å². The second-order valence-corrected chi connectivity index (χ2v) is 16.1. The van der Waals surface area contributed by atoms with E-state index in [-0.39, 0.29) is 57.4 Å². The number of nitrogens with one attached hydrogen (secondary N) is 1. The van der Waals surface area contributed by atoms with E-state index in [4.69, 9.17) is 27.1 Å². The van der Waals surface area contributed by atoms with Crippen LogP contribution in [0.15, 0.2) is 36.2 Å². The molecule has 1 saturated carbocycles. The van der Waals surface area contributed by atoms with E-state index in [9.17, 15) is 17.7 Å². The molecule has 2 unspecified atom stereocenters. The van der Waals surface area contributed by atoms with Gasteiger partial charge in [0.05, 0.1) is 28.5 Å². The maximum absolute atomic E-state index is 16.6. The molecule has 2 saturated heterocycles. The lowest BCUT2D eigenvalue weighted by atomic mass is 9.99. The summed E-state index contributed by atoms with van der Waals surface area (Å²) in [5.74, 6) is 2.55. The van der Waals surface area contributed by atoms with Gasteiger partial charge in [0, 0.05) is 54.9 Å². The van der Waals surface area contributed by atoms with E-state index in [0.717, 1.165) is 31.7 Å². The van der Waals surface area contributed by atoms with Crippen LogP contribution in [0.2, 0.25) is 5.02 Å². The number of hydrogen-bond acceptors (Lipinski definition) is 9. The highest BCUT2D eigenvalue weighted by Crippen LogP contribution is 2.50. The molecule has 0 spiro atoms. The van der Waals surface area contributed by atoms with E-state index >= 15 is 4.39 Å². The number of nitrogen functional groups attached to an aromatic ring is 1.